The van der Waals surface area contributed by atoms with E-state index in [1.807, 2.05) is 12.1 Å². The number of aliphatic imine (C=N–C) groups is 1. The fourth-order valence-corrected chi connectivity index (χ4v) is 1.92. The van der Waals surface area contributed by atoms with Gasteiger partial charge in [0, 0.05) is 19.5 Å². The topological polar surface area (TPSA) is 63.5 Å². The summed E-state index contributed by atoms with van der Waals surface area (Å²) in [6, 6.07) is 3.86. The zero-order valence-electron chi connectivity index (χ0n) is 12.4. The van der Waals surface area contributed by atoms with Crippen LogP contribution in [0.5, 0.6) is 0 Å². The van der Waals surface area contributed by atoms with Gasteiger partial charge in [-0.1, -0.05) is 39.0 Å². The van der Waals surface area contributed by atoms with Gasteiger partial charge in [-0.3, -0.25) is 4.99 Å². The van der Waals surface area contributed by atoms with Crippen molar-refractivity contribution in [3.63, 3.8) is 0 Å². The summed E-state index contributed by atoms with van der Waals surface area (Å²) >= 11 is 0. The van der Waals surface area contributed by atoms with Gasteiger partial charge in [0.1, 0.15) is 5.76 Å². The molecule has 0 aliphatic heterocycles. The highest BCUT2D eigenvalue weighted by Gasteiger charge is 1.96. The van der Waals surface area contributed by atoms with Crippen molar-refractivity contribution in [2.45, 2.75) is 51.9 Å². The van der Waals surface area contributed by atoms with E-state index >= 15 is 0 Å². The van der Waals surface area contributed by atoms with E-state index in [4.69, 9.17) is 10.2 Å². The molecule has 1 rings (SSSR count). The van der Waals surface area contributed by atoms with E-state index in [1.54, 1.807) is 6.26 Å². The molecule has 20 heavy (non-hydrogen) atoms. The molecular formula is C15H28IN3O. The molecule has 116 valence electrons. The molecule has 0 atom stereocenters. The van der Waals surface area contributed by atoms with Crippen molar-refractivity contribution in [1.29, 1.82) is 0 Å². The molecule has 1 aromatic heterocycles. The van der Waals surface area contributed by atoms with Gasteiger partial charge in [-0.15, -0.1) is 24.0 Å². The summed E-state index contributed by atoms with van der Waals surface area (Å²) in [4.78, 5) is 4.31. The Hall–Kier alpha value is -0.720. The second-order valence-electron chi connectivity index (χ2n) is 4.79. The predicted octanol–water partition coefficient (Wildman–Crippen LogP) is 3.70. The van der Waals surface area contributed by atoms with Gasteiger partial charge < -0.3 is 15.5 Å². The number of halogens is 1. The van der Waals surface area contributed by atoms with Crippen LogP contribution in [0, 0.1) is 0 Å². The molecule has 0 fully saturated rings. The number of nitrogens with zero attached hydrogens (tertiary/aromatic N) is 1. The number of hydrogen-bond acceptors (Lipinski definition) is 2. The Morgan fingerprint density at radius 2 is 2.00 bits per heavy atom. The van der Waals surface area contributed by atoms with Crippen molar-refractivity contribution < 1.29 is 4.42 Å². The largest absolute Gasteiger partial charge is 0.469 e. The van der Waals surface area contributed by atoms with Crippen LogP contribution >= 0.6 is 24.0 Å². The van der Waals surface area contributed by atoms with Crippen molar-refractivity contribution in [3.05, 3.63) is 24.2 Å². The number of rotatable bonds is 10. The highest BCUT2D eigenvalue weighted by atomic mass is 127. The molecule has 4 nitrogen and oxygen atoms in total. The quantitative estimate of drug-likeness (QED) is 0.276. The minimum Gasteiger partial charge on any atom is -0.469 e. The fourth-order valence-electron chi connectivity index (χ4n) is 1.92. The molecule has 0 aliphatic rings. The molecule has 0 unspecified atom stereocenters. The first-order chi connectivity index (χ1) is 9.33. The molecule has 0 spiro atoms. The Morgan fingerprint density at radius 1 is 1.25 bits per heavy atom. The van der Waals surface area contributed by atoms with E-state index in [9.17, 15) is 0 Å². The lowest BCUT2D eigenvalue weighted by Gasteiger charge is -2.04. The normalized spacial score (nSPS) is 11.2. The summed E-state index contributed by atoms with van der Waals surface area (Å²) in [5, 5.41) is 3.10. The summed E-state index contributed by atoms with van der Waals surface area (Å²) in [6.07, 6.45) is 10.2. The Kier molecular flexibility index (Phi) is 12.8. The van der Waals surface area contributed by atoms with Crippen molar-refractivity contribution in [1.82, 2.24) is 5.32 Å². The third-order valence-corrected chi connectivity index (χ3v) is 3.05. The van der Waals surface area contributed by atoms with E-state index in [-0.39, 0.29) is 24.0 Å². The molecule has 0 aliphatic carbocycles. The van der Waals surface area contributed by atoms with Gasteiger partial charge >= 0.3 is 0 Å². The maximum atomic E-state index is 5.78. The first kappa shape index (κ1) is 19.3. The van der Waals surface area contributed by atoms with Crippen LogP contribution in [0.1, 0.15) is 51.2 Å². The van der Waals surface area contributed by atoms with Gasteiger partial charge in [0.05, 0.1) is 6.26 Å². The van der Waals surface area contributed by atoms with E-state index in [0.717, 1.165) is 31.7 Å². The van der Waals surface area contributed by atoms with Crippen molar-refractivity contribution >= 4 is 29.9 Å². The van der Waals surface area contributed by atoms with E-state index in [2.05, 4.69) is 17.2 Å². The van der Waals surface area contributed by atoms with Gasteiger partial charge in [-0.25, -0.2) is 0 Å². The number of furan rings is 1. The lowest BCUT2D eigenvalue weighted by molar-refractivity contribution is 0.507. The zero-order valence-corrected chi connectivity index (χ0v) is 14.8. The van der Waals surface area contributed by atoms with Gasteiger partial charge in [-0.05, 0) is 18.6 Å². The second kappa shape index (κ2) is 13.3. The Bertz CT molecular complexity index is 339. The Balaban J connectivity index is 0.00000361. The molecule has 1 aromatic rings. The lowest BCUT2D eigenvalue weighted by atomic mass is 10.1. The van der Waals surface area contributed by atoms with Crippen LogP contribution in [0.3, 0.4) is 0 Å². The average Bonchev–Trinajstić information content (AvgIpc) is 2.91. The van der Waals surface area contributed by atoms with E-state index < -0.39 is 0 Å². The first-order valence-electron chi connectivity index (χ1n) is 7.39. The fraction of sp³-hybridized carbons (Fsp3) is 0.667. The Labute approximate surface area is 139 Å². The molecule has 0 saturated heterocycles. The van der Waals surface area contributed by atoms with Crippen LogP contribution in [0.25, 0.3) is 0 Å². The number of nitrogens with one attached hydrogen (secondary N) is 1. The summed E-state index contributed by atoms with van der Waals surface area (Å²) in [5.41, 5.74) is 5.78. The zero-order chi connectivity index (χ0) is 13.8. The summed E-state index contributed by atoms with van der Waals surface area (Å²) in [7, 11) is 0. The minimum absolute atomic E-state index is 0. The van der Waals surface area contributed by atoms with Crippen LogP contribution in [0.15, 0.2) is 27.8 Å². The van der Waals surface area contributed by atoms with Crippen molar-refractivity contribution in [2.75, 3.05) is 13.1 Å². The van der Waals surface area contributed by atoms with E-state index in [0.29, 0.717) is 5.96 Å². The maximum Gasteiger partial charge on any atom is 0.188 e. The third kappa shape index (κ3) is 10.1. The van der Waals surface area contributed by atoms with Crippen LogP contribution < -0.4 is 11.1 Å². The van der Waals surface area contributed by atoms with Crippen LogP contribution in [0.2, 0.25) is 0 Å². The molecule has 0 radical (unpaired) electrons. The molecule has 0 saturated carbocycles. The number of hydrogen-bond donors (Lipinski definition) is 2. The summed E-state index contributed by atoms with van der Waals surface area (Å²) in [5.74, 6) is 1.51. The van der Waals surface area contributed by atoms with Gasteiger partial charge in [-0.2, -0.15) is 0 Å². The third-order valence-electron chi connectivity index (χ3n) is 3.05. The van der Waals surface area contributed by atoms with E-state index in [1.165, 1.54) is 32.1 Å². The lowest BCUT2D eigenvalue weighted by Crippen LogP contribution is -2.33. The molecule has 3 N–H and O–H groups in total. The molecule has 1 heterocycles. The molecule has 0 amide bonds. The summed E-state index contributed by atoms with van der Waals surface area (Å²) < 4.78 is 5.24. The minimum atomic E-state index is 0. The van der Waals surface area contributed by atoms with Crippen LogP contribution in [-0.4, -0.2) is 19.0 Å². The maximum absolute atomic E-state index is 5.78. The Morgan fingerprint density at radius 3 is 2.70 bits per heavy atom. The monoisotopic (exact) mass is 393 g/mol. The first-order valence-corrected chi connectivity index (χ1v) is 7.39. The van der Waals surface area contributed by atoms with Gasteiger partial charge in [0.15, 0.2) is 5.96 Å². The summed E-state index contributed by atoms with van der Waals surface area (Å²) in [6.45, 7) is 3.82. The number of guanidine groups is 1. The number of unbranched alkanes of at least 4 members (excludes halogenated alkanes) is 5. The van der Waals surface area contributed by atoms with Crippen molar-refractivity contribution in [2.24, 2.45) is 10.7 Å². The standard InChI is InChI=1S/C15H27N3O.HI/c1-2-3-4-5-6-7-11-17-15(16)18-12-10-14-9-8-13-19-14;/h8-9,13H,2-7,10-12H2,1H3,(H3,16,17,18);1H. The van der Waals surface area contributed by atoms with Gasteiger partial charge in [0.25, 0.3) is 0 Å². The molecule has 5 heteroatoms. The second-order valence-corrected chi connectivity index (χ2v) is 4.79. The molecular weight excluding hydrogens is 365 g/mol. The SMILES string of the molecule is CCCCCCCCN=C(N)NCCc1ccco1.I. The smallest absolute Gasteiger partial charge is 0.188 e. The molecule has 0 aromatic carbocycles. The number of nitrogens with two attached hydrogens (primary N) is 1. The van der Waals surface area contributed by atoms with Crippen LogP contribution in [0.4, 0.5) is 0 Å². The highest BCUT2D eigenvalue weighted by molar-refractivity contribution is 14.0. The van der Waals surface area contributed by atoms with Crippen molar-refractivity contribution in [3.8, 4) is 0 Å². The van der Waals surface area contributed by atoms with Crippen LogP contribution in [-0.2, 0) is 6.42 Å². The predicted molar refractivity (Wildman–Crippen MR) is 95.7 cm³/mol. The van der Waals surface area contributed by atoms with Gasteiger partial charge in [0.2, 0.25) is 0 Å². The average molecular weight is 393 g/mol. The molecule has 0 bridgehead atoms. The highest BCUT2D eigenvalue weighted by Crippen LogP contribution is 2.04.